The van der Waals surface area contributed by atoms with Gasteiger partial charge in [-0.25, -0.2) is 0 Å². The van der Waals surface area contributed by atoms with Crippen LogP contribution in [0.15, 0.2) is 30.3 Å². The fraction of sp³-hybridized carbons (Fsp3) is 0. The number of H-pyrrole nitrogens is 1. The van der Waals surface area contributed by atoms with Crippen LogP contribution < -0.4 is 4.98 Å². The van der Waals surface area contributed by atoms with Crippen LogP contribution in [0.1, 0.15) is 0 Å². The van der Waals surface area contributed by atoms with E-state index in [4.69, 9.17) is 5.11 Å². The molecule has 0 radical (unpaired) electrons. The lowest BCUT2D eigenvalue weighted by Gasteiger charge is -1.92. The number of hydrogen-bond acceptors (Lipinski definition) is 3. The van der Waals surface area contributed by atoms with Crippen LogP contribution in [0.3, 0.4) is 0 Å². The topological polar surface area (TPSA) is 77.5 Å². The molecule has 0 bridgehead atoms. The molecular weight excluding hydrogens is 184 g/mol. The number of pyridine rings is 1. The maximum Gasteiger partial charge on any atom is 0.364 e. The molecule has 0 saturated heterocycles. The predicted molar refractivity (Wildman–Crippen MR) is 48.8 cm³/mol. The second-order valence-corrected chi connectivity index (χ2v) is 2.87. The van der Waals surface area contributed by atoms with Crippen molar-refractivity contribution in [1.29, 1.82) is 0 Å². The Hall–Kier alpha value is -2.17. The zero-order chi connectivity index (χ0) is 10.1. The van der Waals surface area contributed by atoms with Crippen LogP contribution in [-0.2, 0) is 0 Å². The van der Waals surface area contributed by atoms with Crippen molar-refractivity contribution in [2.75, 3.05) is 0 Å². The lowest BCUT2D eigenvalue weighted by molar-refractivity contribution is -0.385. The van der Waals surface area contributed by atoms with Gasteiger partial charge in [0.2, 0.25) is 5.52 Å². The van der Waals surface area contributed by atoms with E-state index in [0.717, 1.165) is 0 Å². The standard InChI is InChI=1S/C9H6N2O3/c12-9-4-1-6-5-7(11(13)14)2-3-8(6)10-9/h1-5H,(H,10,12)/p+1. The molecule has 1 heterocycles. The van der Waals surface area contributed by atoms with E-state index in [9.17, 15) is 10.1 Å². The molecule has 2 N–H and O–H groups in total. The summed E-state index contributed by atoms with van der Waals surface area (Å²) in [6.07, 6.45) is 0. The number of aromatic amines is 1. The van der Waals surface area contributed by atoms with Gasteiger partial charge in [0.1, 0.15) is 0 Å². The Morgan fingerprint density at radius 2 is 2.07 bits per heavy atom. The van der Waals surface area contributed by atoms with Crippen molar-refractivity contribution in [1.82, 2.24) is 0 Å². The molecule has 0 unspecified atom stereocenters. The van der Waals surface area contributed by atoms with Crippen LogP contribution in [-0.4, -0.2) is 10.0 Å². The summed E-state index contributed by atoms with van der Waals surface area (Å²) in [6, 6.07) is 7.47. The van der Waals surface area contributed by atoms with Crippen LogP contribution in [0.4, 0.5) is 5.69 Å². The van der Waals surface area contributed by atoms with Crippen LogP contribution >= 0.6 is 0 Å². The van der Waals surface area contributed by atoms with Crippen molar-refractivity contribution in [2.24, 2.45) is 0 Å². The zero-order valence-corrected chi connectivity index (χ0v) is 7.10. The molecule has 14 heavy (non-hydrogen) atoms. The second kappa shape index (κ2) is 2.95. The molecule has 0 atom stereocenters. The van der Waals surface area contributed by atoms with Gasteiger partial charge >= 0.3 is 5.88 Å². The van der Waals surface area contributed by atoms with Gasteiger partial charge in [0.25, 0.3) is 5.69 Å². The molecule has 0 amide bonds. The normalized spacial score (nSPS) is 10.3. The average molecular weight is 191 g/mol. The molecular formula is C9H7N2O3+. The van der Waals surface area contributed by atoms with E-state index in [-0.39, 0.29) is 11.6 Å². The van der Waals surface area contributed by atoms with Gasteiger partial charge in [-0.2, -0.15) is 4.98 Å². The predicted octanol–water partition coefficient (Wildman–Crippen LogP) is 1.27. The Labute approximate surface area is 78.8 Å². The van der Waals surface area contributed by atoms with E-state index in [1.807, 2.05) is 0 Å². The van der Waals surface area contributed by atoms with E-state index in [1.165, 1.54) is 18.2 Å². The minimum atomic E-state index is -0.452. The SMILES string of the molecule is O=[N+]([O-])c1ccc2[nH+]c(O)ccc2c1. The number of rotatable bonds is 1. The van der Waals surface area contributed by atoms with Crippen molar-refractivity contribution in [3.8, 4) is 5.88 Å². The van der Waals surface area contributed by atoms with Crippen molar-refractivity contribution < 1.29 is 15.0 Å². The van der Waals surface area contributed by atoms with Gasteiger partial charge in [0.15, 0.2) is 0 Å². The first-order valence-electron chi connectivity index (χ1n) is 3.96. The molecule has 0 saturated carbocycles. The summed E-state index contributed by atoms with van der Waals surface area (Å²) in [5, 5.41) is 20.3. The maximum absolute atomic E-state index is 10.5. The highest BCUT2D eigenvalue weighted by molar-refractivity contribution is 5.78. The molecule has 1 aromatic carbocycles. The average Bonchev–Trinajstić information content (AvgIpc) is 2.16. The van der Waals surface area contributed by atoms with Gasteiger partial charge in [-0.05, 0) is 6.07 Å². The molecule has 5 nitrogen and oxygen atoms in total. The molecule has 0 fully saturated rings. The number of hydrogen-bond donors (Lipinski definition) is 1. The Morgan fingerprint density at radius 1 is 1.29 bits per heavy atom. The molecule has 70 valence electrons. The van der Waals surface area contributed by atoms with Gasteiger partial charge in [-0.1, -0.05) is 0 Å². The monoisotopic (exact) mass is 191 g/mol. The first-order chi connectivity index (χ1) is 6.66. The van der Waals surface area contributed by atoms with Gasteiger partial charge in [0, 0.05) is 18.2 Å². The van der Waals surface area contributed by atoms with Crippen molar-refractivity contribution >= 4 is 16.6 Å². The first kappa shape index (κ1) is 8.43. The third-order valence-electron chi connectivity index (χ3n) is 1.93. The molecule has 1 aromatic heterocycles. The summed E-state index contributed by atoms with van der Waals surface area (Å²) >= 11 is 0. The number of aromatic hydroxyl groups is 1. The minimum absolute atomic E-state index is 0.0337. The summed E-state index contributed by atoms with van der Waals surface area (Å²) < 4.78 is 0. The lowest BCUT2D eigenvalue weighted by Crippen LogP contribution is -2.03. The molecule has 0 spiro atoms. The van der Waals surface area contributed by atoms with E-state index < -0.39 is 4.92 Å². The number of nitro benzene ring substituents is 1. The van der Waals surface area contributed by atoms with E-state index in [2.05, 4.69) is 4.98 Å². The number of nitrogens with zero attached hydrogens (tertiary/aromatic N) is 1. The number of nitro groups is 1. The quantitative estimate of drug-likeness (QED) is 0.544. The highest BCUT2D eigenvalue weighted by Crippen LogP contribution is 2.18. The third-order valence-corrected chi connectivity index (χ3v) is 1.93. The Morgan fingerprint density at radius 3 is 2.79 bits per heavy atom. The number of non-ortho nitro benzene ring substituents is 1. The second-order valence-electron chi connectivity index (χ2n) is 2.87. The lowest BCUT2D eigenvalue weighted by atomic mass is 10.2. The summed E-state index contributed by atoms with van der Waals surface area (Å²) in [6.45, 7) is 0. The largest absolute Gasteiger partial charge is 0.460 e. The smallest absolute Gasteiger partial charge is 0.364 e. The Balaban J connectivity index is 2.67. The van der Waals surface area contributed by atoms with Gasteiger partial charge in [0.05, 0.1) is 16.4 Å². The van der Waals surface area contributed by atoms with E-state index >= 15 is 0 Å². The van der Waals surface area contributed by atoms with E-state index in [1.54, 1.807) is 12.1 Å². The van der Waals surface area contributed by atoms with Crippen molar-refractivity contribution in [3.63, 3.8) is 0 Å². The summed E-state index contributed by atoms with van der Waals surface area (Å²) in [5.74, 6) is 0.0337. The number of benzene rings is 1. The fourth-order valence-corrected chi connectivity index (χ4v) is 1.26. The van der Waals surface area contributed by atoms with Gasteiger partial charge in [-0.3, -0.25) is 10.1 Å². The maximum atomic E-state index is 10.5. The molecule has 2 rings (SSSR count). The Bertz CT molecular complexity index is 510. The van der Waals surface area contributed by atoms with Crippen LogP contribution in [0.5, 0.6) is 5.88 Å². The Kier molecular flexibility index (Phi) is 1.78. The fourth-order valence-electron chi connectivity index (χ4n) is 1.26. The van der Waals surface area contributed by atoms with Gasteiger partial charge in [-0.15, -0.1) is 0 Å². The van der Waals surface area contributed by atoms with Gasteiger partial charge < -0.3 is 5.11 Å². The molecule has 0 aliphatic heterocycles. The molecule has 2 aromatic rings. The van der Waals surface area contributed by atoms with Crippen LogP contribution in [0.25, 0.3) is 10.9 Å². The van der Waals surface area contributed by atoms with Crippen molar-refractivity contribution in [2.45, 2.75) is 0 Å². The van der Waals surface area contributed by atoms with E-state index in [0.29, 0.717) is 10.9 Å². The summed E-state index contributed by atoms with van der Waals surface area (Å²) in [7, 11) is 0. The first-order valence-corrected chi connectivity index (χ1v) is 3.96. The number of fused-ring (bicyclic) bond motifs is 1. The van der Waals surface area contributed by atoms with Crippen LogP contribution in [0, 0.1) is 10.1 Å². The minimum Gasteiger partial charge on any atom is -0.460 e. The number of aromatic nitrogens is 1. The molecule has 0 aliphatic carbocycles. The zero-order valence-electron chi connectivity index (χ0n) is 7.10. The summed E-state index contributed by atoms with van der Waals surface area (Å²) in [5.41, 5.74) is 0.701. The number of nitrogens with one attached hydrogen (secondary N) is 1. The van der Waals surface area contributed by atoms with Crippen LogP contribution in [0.2, 0.25) is 0 Å². The highest BCUT2D eigenvalue weighted by atomic mass is 16.6. The molecule has 0 aliphatic rings. The highest BCUT2D eigenvalue weighted by Gasteiger charge is 2.09. The van der Waals surface area contributed by atoms with Crippen molar-refractivity contribution in [3.05, 3.63) is 40.4 Å². The third kappa shape index (κ3) is 1.35. The molecule has 5 heteroatoms. The summed E-state index contributed by atoms with van der Waals surface area (Å²) in [4.78, 5) is 12.7.